The standard InChI is InChI=1S/C16H15N3OS/c1-21-13-10-6-5-9-12(13)15-18-19-16(20-15)14(17)11-7-3-2-4-8-11/h2-10,14H,17H2,1H3. The minimum atomic E-state index is -0.408. The lowest BCUT2D eigenvalue weighted by Crippen LogP contribution is -2.11. The summed E-state index contributed by atoms with van der Waals surface area (Å²) in [6.45, 7) is 0. The molecule has 0 aliphatic rings. The van der Waals surface area contributed by atoms with Gasteiger partial charge in [-0.05, 0) is 24.0 Å². The van der Waals surface area contributed by atoms with Crippen molar-refractivity contribution in [1.82, 2.24) is 10.2 Å². The molecule has 0 radical (unpaired) electrons. The molecule has 2 N–H and O–H groups in total. The number of benzene rings is 2. The van der Waals surface area contributed by atoms with Gasteiger partial charge in [0.1, 0.15) is 6.04 Å². The topological polar surface area (TPSA) is 64.9 Å². The second-order valence-corrected chi connectivity index (χ2v) is 5.38. The second-order valence-electron chi connectivity index (χ2n) is 4.53. The fourth-order valence-electron chi connectivity index (χ4n) is 2.09. The van der Waals surface area contributed by atoms with Crippen LogP contribution in [0.15, 0.2) is 63.9 Å². The third-order valence-corrected chi connectivity index (χ3v) is 4.00. The minimum Gasteiger partial charge on any atom is -0.419 e. The number of nitrogens with two attached hydrogens (primary N) is 1. The van der Waals surface area contributed by atoms with Crippen LogP contribution in [0.3, 0.4) is 0 Å². The maximum Gasteiger partial charge on any atom is 0.248 e. The van der Waals surface area contributed by atoms with Gasteiger partial charge in [-0.25, -0.2) is 0 Å². The largest absolute Gasteiger partial charge is 0.419 e. The number of aromatic nitrogens is 2. The maximum absolute atomic E-state index is 6.18. The number of rotatable bonds is 4. The van der Waals surface area contributed by atoms with E-state index < -0.39 is 6.04 Å². The fourth-order valence-corrected chi connectivity index (χ4v) is 2.68. The van der Waals surface area contributed by atoms with Crippen LogP contribution in [0.5, 0.6) is 0 Å². The highest BCUT2D eigenvalue weighted by Crippen LogP contribution is 2.30. The van der Waals surface area contributed by atoms with E-state index in [4.69, 9.17) is 10.2 Å². The van der Waals surface area contributed by atoms with Gasteiger partial charge in [0.05, 0.1) is 5.56 Å². The number of nitrogens with zero attached hydrogens (tertiary/aromatic N) is 2. The van der Waals surface area contributed by atoms with Gasteiger partial charge in [0.15, 0.2) is 0 Å². The molecule has 0 bridgehead atoms. The summed E-state index contributed by atoms with van der Waals surface area (Å²) in [5, 5.41) is 8.22. The van der Waals surface area contributed by atoms with Crippen molar-refractivity contribution in [2.24, 2.45) is 5.73 Å². The van der Waals surface area contributed by atoms with Crippen LogP contribution in [0, 0.1) is 0 Å². The van der Waals surface area contributed by atoms with Crippen molar-refractivity contribution in [1.29, 1.82) is 0 Å². The van der Waals surface area contributed by atoms with Gasteiger partial charge in [0.2, 0.25) is 11.8 Å². The van der Waals surface area contributed by atoms with Gasteiger partial charge in [0, 0.05) is 4.90 Å². The molecule has 0 fully saturated rings. The predicted molar refractivity (Wildman–Crippen MR) is 84.0 cm³/mol. The first kappa shape index (κ1) is 13.9. The van der Waals surface area contributed by atoms with E-state index in [2.05, 4.69) is 10.2 Å². The molecule has 0 amide bonds. The first-order valence-electron chi connectivity index (χ1n) is 6.57. The van der Waals surface area contributed by atoms with Gasteiger partial charge in [-0.2, -0.15) is 0 Å². The van der Waals surface area contributed by atoms with Crippen molar-refractivity contribution in [3.8, 4) is 11.5 Å². The Morgan fingerprint density at radius 2 is 1.71 bits per heavy atom. The molecule has 0 aliphatic carbocycles. The highest BCUT2D eigenvalue weighted by atomic mass is 32.2. The molecule has 106 valence electrons. The zero-order chi connectivity index (χ0) is 14.7. The zero-order valence-electron chi connectivity index (χ0n) is 11.6. The average molecular weight is 297 g/mol. The highest BCUT2D eigenvalue weighted by molar-refractivity contribution is 7.98. The Bertz CT molecular complexity index is 727. The molecule has 1 unspecified atom stereocenters. The molecule has 0 saturated carbocycles. The number of hydrogen-bond acceptors (Lipinski definition) is 5. The van der Waals surface area contributed by atoms with Crippen molar-refractivity contribution in [2.75, 3.05) is 6.26 Å². The van der Waals surface area contributed by atoms with Gasteiger partial charge >= 0.3 is 0 Å². The first-order chi connectivity index (χ1) is 10.3. The van der Waals surface area contributed by atoms with Crippen molar-refractivity contribution in [3.05, 3.63) is 66.1 Å². The highest BCUT2D eigenvalue weighted by Gasteiger charge is 2.18. The van der Waals surface area contributed by atoms with Crippen LogP contribution < -0.4 is 5.73 Å². The van der Waals surface area contributed by atoms with Crippen LogP contribution in [0.1, 0.15) is 17.5 Å². The van der Waals surface area contributed by atoms with E-state index in [-0.39, 0.29) is 0 Å². The van der Waals surface area contributed by atoms with Crippen LogP contribution >= 0.6 is 11.8 Å². The quantitative estimate of drug-likeness (QED) is 0.747. The molecule has 0 aliphatic heterocycles. The van der Waals surface area contributed by atoms with E-state index in [1.807, 2.05) is 60.9 Å². The van der Waals surface area contributed by atoms with Crippen LogP contribution in [0.25, 0.3) is 11.5 Å². The molecule has 1 atom stereocenters. The van der Waals surface area contributed by atoms with E-state index in [0.717, 1.165) is 16.0 Å². The normalized spacial score (nSPS) is 12.3. The molecule has 0 saturated heterocycles. The molecule has 0 spiro atoms. The summed E-state index contributed by atoms with van der Waals surface area (Å²) in [5.74, 6) is 0.924. The van der Waals surface area contributed by atoms with Crippen molar-refractivity contribution in [2.45, 2.75) is 10.9 Å². The van der Waals surface area contributed by atoms with E-state index in [1.165, 1.54) is 0 Å². The van der Waals surface area contributed by atoms with Crippen LogP contribution in [-0.4, -0.2) is 16.5 Å². The van der Waals surface area contributed by atoms with Gasteiger partial charge in [-0.3, -0.25) is 0 Å². The van der Waals surface area contributed by atoms with Crippen LogP contribution in [0.2, 0.25) is 0 Å². The summed E-state index contributed by atoms with van der Waals surface area (Å²) in [4.78, 5) is 1.10. The monoisotopic (exact) mass is 297 g/mol. The summed E-state index contributed by atoms with van der Waals surface area (Å²) < 4.78 is 5.77. The molecule has 3 rings (SSSR count). The molecular formula is C16H15N3OS. The van der Waals surface area contributed by atoms with E-state index in [1.54, 1.807) is 11.8 Å². The van der Waals surface area contributed by atoms with Crippen molar-refractivity contribution in [3.63, 3.8) is 0 Å². The third kappa shape index (κ3) is 2.84. The van der Waals surface area contributed by atoms with Crippen molar-refractivity contribution < 1.29 is 4.42 Å². The van der Waals surface area contributed by atoms with Crippen molar-refractivity contribution >= 4 is 11.8 Å². The zero-order valence-corrected chi connectivity index (χ0v) is 12.4. The summed E-state index contributed by atoms with van der Waals surface area (Å²) >= 11 is 1.65. The summed E-state index contributed by atoms with van der Waals surface area (Å²) in [6, 6.07) is 17.3. The SMILES string of the molecule is CSc1ccccc1-c1nnc(C(N)c2ccccc2)o1. The molecule has 21 heavy (non-hydrogen) atoms. The molecule has 4 nitrogen and oxygen atoms in total. The Morgan fingerprint density at radius 3 is 2.48 bits per heavy atom. The Morgan fingerprint density at radius 1 is 1.00 bits per heavy atom. The Hall–Kier alpha value is -2.11. The van der Waals surface area contributed by atoms with Gasteiger partial charge in [-0.1, -0.05) is 42.5 Å². The lowest BCUT2D eigenvalue weighted by molar-refractivity contribution is 0.483. The van der Waals surface area contributed by atoms with E-state index in [0.29, 0.717) is 11.8 Å². The Balaban J connectivity index is 1.93. The third-order valence-electron chi connectivity index (χ3n) is 3.20. The molecular weight excluding hydrogens is 282 g/mol. The second kappa shape index (κ2) is 6.11. The van der Waals surface area contributed by atoms with E-state index in [9.17, 15) is 0 Å². The van der Waals surface area contributed by atoms with Gasteiger partial charge < -0.3 is 10.2 Å². The summed E-state index contributed by atoms with van der Waals surface area (Å²) in [7, 11) is 0. The Labute approximate surface area is 127 Å². The molecule has 1 heterocycles. The van der Waals surface area contributed by atoms with Gasteiger partial charge in [-0.15, -0.1) is 22.0 Å². The Kier molecular flexibility index (Phi) is 4.03. The smallest absolute Gasteiger partial charge is 0.248 e. The fraction of sp³-hybridized carbons (Fsp3) is 0.125. The maximum atomic E-state index is 6.18. The lowest BCUT2D eigenvalue weighted by atomic mass is 10.1. The number of thioether (sulfide) groups is 1. The van der Waals surface area contributed by atoms with Gasteiger partial charge in [0.25, 0.3) is 0 Å². The predicted octanol–water partition coefficient (Wildman–Crippen LogP) is 3.51. The molecule has 2 aromatic carbocycles. The summed E-state index contributed by atoms with van der Waals surface area (Å²) in [6.07, 6.45) is 2.02. The first-order valence-corrected chi connectivity index (χ1v) is 7.79. The number of hydrogen-bond donors (Lipinski definition) is 1. The minimum absolute atomic E-state index is 0.408. The van der Waals surface area contributed by atoms with Crippen LogP contribution in [0.4, 0.5) is 0 Å². The molecule has 3 aromatic rings. The summed E-state index contributed by atoms with van der Waals surface area (Å²) in [5.41, 5.74) is 8.06. The molecule has 1 aromatic heterocycles. The van der Waals surface area contributed by atoms with Crippen LogP contribution in [-0.2, 0) is 0 Å². The molecule has 5 heteroatoms. The average Bonchev–Trinajstić information content (AvgIpc) is 3.04. The lowest BCUT2D eigenvalue weighted by Gasteiger charge is -2.06. The van der Waals surface area contributed by atoms with E-state index >= 15 is 0 Å².